The van der Waals surface area contributed by atoms with Gasteiger partial charge in [-0.15, -0.1) is 0 Å². The van der Waals surface area contributed by atoms with Crippen molar-refractivity contribution in [2.45, 2.75) is 38.6 Å². The topological polar surface area (TPSA) is 63.7 Å². The van der Waals surface area contributed by atoms with Gasteiger partial charge in [-0.05, 0) is 49.7 Å². The number of aromatic nitrogens is 1. The Labute approximate surface area is 163 Å². The number of anilines is 2. The highest BCUT2D eigenvalue weighted by Crippen LogP contribution is 2.31. The third kappa shape index (κ3) is 4.01. The summed E-state index contributed by atoms with van der Waals surface area (Å²) in [5.41, 5.74) is 1.60. The number of morpholine rings is 1. The number of fused-ring (bicyclic) bond motifs is 1. The Bertz CT molecular complexity index is 833. The van der Waals surface area contributed by atoms with Crippen LogP contribution < -0.4 is 15.0 Å². The van der Waals surface area contributed by atoms with Crippen LogP contribution in [0.25, 0.3) is 0 Å². The van der Waals surface area contributed by atoms with E-state index < -0.39 is 6.10 Å². The van der Waals surface area contributed by atoms with Gasteiger partial charge in [0.15, 0.2) is 6.10 Å². The molecule has 1 saturated heterocycles. The lowest BCUT2D eigenvalue weighted by Crippen LogP contribution is -2.45. The second-order valence-electron chi connectivity index (χ2n) is 7.12. The molecule has 142 valence electrons. The SMILES string of the molecule is C[C@@H]1CN(c2ccc(NC(=O)[C@H]3Cc4cc(Cl)ccc4O3)cn2)C[C@H](C)O1. The number of hydrogen-bond donors (Lipinski definition) is 1. The van der Waals surface area contributed by atoms with Crippen molar-refractivity contribution < 1.29 is 14.3 Å². The highest BCUT2D eigenvalue weighted by atomic mass is 35.5. The lowest BCUT2D eigenvalue weighted by molar-refractivity contribution is -0.122. The van der Waals surface area contributed by atoms with Crippen LogP contribution in [0.4, 0.5) is 11.5 Å². The van der Waals surface area contributed by atoms with Gasteiger partial charge < -0.3 is 19.7 Å². The van der Waals surface area contributed by atoms with Gasteiger partial charge in [-0.2, -0.15) is 0 Å². The Morgan fingerprint density at radius 3 is 2.70 bits per heavy atom. The largest absolute Gasteiger partial charge is 0.480 e. The van der Waals surface area contributed by atoms with Crippen LogP contribution in [-0.4, -0.2) is 42.3 Å². The van der Waals surface area contributed by atoms with E-state index in [-0.39, 0.29) is 18.1 Å². The van der Waals surface area contributed by atoms with Crippen molar-refractivity contribution in [3.63, 3.8) is 0 Å². The van der Waals surface area contributed by atoms with E-state index in [1.165, 1.54) is 0 Å². The van der Waals surface area contributed by atoms with Gasteiger partial charge in [-0.3, -0.25) is 4.79 Å². The number of pyridine rings is 1. The summed E-state index contributed by atoms with van der Waals surface area (Å²) in [7, 11) is 0. The molecule has 7 heteroatoms. The summed E-state index contributed by atoms with van der Waals surface area (Å²) in [6.07, 6.45) is 1.97. The molecule has 2 aliphatic heterocycles. The standard InChI is InChI=1S/C20H22ClN3O3/c1-12-10-24(11-13(2)26-12)19-6-4-16(9-22-19)23-20(25)18-8-14-7-15(21)3-5-17(14)27-18/h3-7,9,12-13,18H,8,10-11H2,1-2H3,(H,23,25)/t12-,13+,18-/m1/s1. The molecule has 1 amide bonds. The Balaban J connectivity index is 1.38. The third-order valence-corrected chi connectivity index (χ3v) is 4.98. The van der Waals surface area contributed by atoms with Crippen molar-refractivity contribution >= 4 is 29.0 Å². The summed E-state index contributed by atoms with van der Waals surface area (Å²) in [6.45, 7) is 5.73. The normalized spacial score (nSPS) is 24.3. The predicted octanol–water partition coefficient (Wildman–Crippen LogP) is 3.29. The first kappa shape index (κ1) is 18.1. The minimum atomic E-state index is -0.556. The maximum absolute atomic E-state index is 12.5. The van der Waals surface area contributed by atoms with Gasteiger partial charge in [0.1, 0.15) is 11.6 Å². The zero-order valence-electron chi connectivity index (χ0n) is 15.3. The van der Waals surface area contributed by atoms with E-state index in [0.717, 1.165) is 24.5 Å². The predicted molar refractivity (Wildman–Crippen MR) is 105 cm³/mol. The van der Waals surface area contributed by atoms with Crippen LogP contribution in [0.15, 0.2) is 36.5 Å². The summed E-state index contributed by atoms with van der Waals surface area (Å²) >= 11 is 6.00. The van der Waals surface area contributed by atoms with E-state index >= 15 is 0 Å². The van der Waals surface area contributed by atoms with Crippen molar-refractivity contribution in [3.05, 3.63) is 47.1 Å². The monoisotopic (exact) mass is 387 g/mol. The molecule has 0 saturated carbocycles. The second-order valence-corrected chi connectivity index (χ2v) is 7.56. The highest BCUT2D eigenvalue weighted by Gasteiger charge is 2.29. The fourth-order valence-corrected chi connectivity index (χ4v) is 3.79. The highest BCUT2D eigenvalue weighted by molar-refractivity contribution is 6.30. The molecule has 3 heterocycles. The number of carbonyl (C=O) groups excluding carboxylic acids is 1. The van der Waals surface area contributed by atoms with Gasteiger partial charge in [0.2, 0.25) is 0 Å². The van der Waals surface area contributed by atoms with Crippen LogP contribution in [-0.2, 0) is 16.0 Å². The summed E-state index contributed by atoms with van der Waals surface area (Å²) in [4.78, 5) is 19.2. The third-order valence-electron chi connectivity index (χ3n) is 4.75. The van der Waals surface area contributed by atoms with Crippen molar-refractivity contribution in [3.8, 4) is 5.75 Å². The number of nitrogens with one attached hydrogen (secondary N) is 1. The average Bonchev–Trinajstić information content (AvgIpc) is 3.05. The Hall–Kier alpha value is -2.31. The zero-order chi connectivity index (χ0) is 19.0. The summed E-state index contributed by atoms with van der Waals surface area (Å²) in [6, 6.07) is 9.18. The molecule has 6 nitrogen and oxygen atoms in total. The first-order chi connectivity index (χ1) is 13.0. The first-order valence-corrected chi connectivity index (χ1v) is 9.48. The number of ether oxygens (including phenoxy) is 2. The van der Waals surface area contributed by atoms with Crippen LogP contribution in [0.1, 0.15) is 19.4 Å². The second kappa shape index (κ2) is 7.37. The minimum absolute atomic E-state index is 0.171. The lowest BCUT2D eigenvalue weighted by atomic mass is 10.1. The van der Waals surface area contributed by atoms with Crippen molar-refractivity contribution in [2.75, 3.05) is 23.3 Å². The van der Waals surface area contributed by atoms with Crippen LogP contribution in [0.2, 0.25) is 5.02 Å². The number of carbonyl (C=O) groups is 1. The number of halogens is 1. The van der Waals surface area contributed by atoms with E-state index in [1.54, 1.807) is 18.3 Å². The Morgan fingerprint density at radius 1 is 1.22 bits per heavy atom. The van der Waals surface area contributed by atoms with Gasteiger partial charge in [-0.1, -0.05) is 11.6 Å². The molecule has 3 atom stereocenters. The number of amides is 1. The van der Waals surface area contributed by atoms with Gasteiger partial charge in [0.25, 0.3) is 5.91 Å². The molecule has 2 aromatic rings. The maximum atomic E-state index is 12.5. The van der Waals surface area contributed by atoms with Crippen LogP contribution in [0.3, 0.4) is 0 Å². The van der Waals surface area contributed by atoms with Crippen LogP contribution in [0.5, 0.6) is 5.75 Å². The summed E-state index contributed by atoms with van der Waals surface area (Å²) in [5, 5.41) is 3.52. The quantitative estimate of drug-likeness (QED) is 0.875. The van der Waals surface area contributed by atoms with Gasteiger partial charge in [-0.25, -0.2) is 4.98 Å². The first-order valence-electron chi connectivity index (χ1n) is 9.10. The van der Waals surface area contributed by atoms with Gasteiger partial charge in [0.05, 0.1) is 24.1 Å². The van der Waals surface area contributed by atoms with Crippen molar-refractivity contribution in [1.82, 2.24) is 4.98 Å². The van der Waals surface area contributed by atoms with E-state index in [9.17, 15) is 4.79 Å². The zero-order valence-corrected chi connectivity index (χ0v) is 16.1. The Morgan fingerprint density at radius 2 is 2.00 bits per heavy atom. The van der Waals surface area contributed by atoms with E-state index in [1.807, 2.05) is 18.2 Å². The number of nitrogens with zero attached hydrogens (tertiary/aromatic N) is 2. The molecule has 4 rings (SSSR count). The molecule has 0 unspecified atom stereocenters. The van der Waals surface area contributed by atoms with Crippen LogP contribution >= 0.6 is 11.6 Å². The van der Waals surface area contributed by atoms with Crippen molar-refractivity contribution in [2.24, 2.45) is 0 Å². The smallest absolute Gasteiger partial charge is 0.265 e. The van der Waals surface area contributed by atoms with Crippen molar-refractivity contribution in [1.29, 1.82) is 0 Å². The summed E-state index contributed by atoms with van der Waals surface area (Å²) < 4.78 is 11.5. The number of benzene rings is 1. The maximum Gasteiger partial charge on any atom is 0.265 e. The van der Waals surface area contributed by atoms with E-state index in [0.29, 0.717) is 22.9 Å². The molecule has 1 N–H and O–H groups in total. The molecule has 0 spiro atoms. The molecular weight excluding hydrogens is 366 g/mol. The number of hydrogen-bond acceptors (Lipinski definition) is 5. The molecule has 0 radical (unpaired) electrons. The Kier molecular flexibility index (Phi) is 4.93. The summed E-state index contributed by atoms with van der Waals surface area (Å²) in [5.74, 6) is 1.41. The average molecular weight is 388 g/mol. The van der Waals surface area contributed by atoms with E-state index in [2.05, 4.69) is 29.0 Å². The molecule has 27 heavy (non-hydrogen) atoms. The van der Waals surface area contributed by atoms with Gasteiger partial charge in [0, 0.05) is 24.5 Å². The lowest BCUT2D eigenvalue weighted by Gasteiger charge is -2.36. The molecule has 0 bridgehead atoms. The van der Waals surface area contributed by atoms with Crippen LogP contribution in [0, 0.1) is 0 Å². The minimum Gasteiger partial charge on any atom is -0.480 e. The van der Waals surface area contributed by atoms with Gasteiger partial charge >= 0.3 is 0 Å². The van der Waals surface area contributed by atoms with E-state index in [4.69, 9.17) is 21.1 Å². The molecule has 1 fully saturated rings. The fraction of sp³-hybridized carbons (Fsp3) is 0.400. The molecule has 1 aromatic carbocycles. The molecule has 1 aromatic heterocycles. The molecular formula is C20H22ClN3O3. The molecule has 0 aliphatic carbocycles. The fourth-order valence-electron chi connectivity index (χ4n) is 3.60. The molecule has 2 aliphatic rings. The number of rotatable bonds is 3.